The van der Waals surface area contributed by atoms with Crippen LogP contribution in [0.15, 0.2) is 44.8 Å². The number of aliphatic hydroxyl groups excluding tert-OH is 1. The molecule has 1 saturated heterocycles. The second-order valence-electron chi connectivity index (χ2n) is 12.1. The maximum absolute atomic E-state index is 13.1. The number of aromatic nitrogens is 4. The molecule has 0 spiro atoms. The minimum atomic E-state index is -4.88. The molecule has 0 radical (unpaired) electrons. The first-order chi connectivity index (χ1) is 24.8. The molecule has 3 aromatic rings. The third-order valence-corrected chi connectivity index (χ3v) is 8.74. The zero-order valence-electron chi connectivity index (χ0n) is 28.4. The topological polar surface area (TPSA) is 333 Å². The molecule has 22 nitrogen and oxygen atoms in total. The van der Waals surface area contributed by atoms with Gasteiger partial charge >= 0.3 is 25.5 Å². The molecular weight excluding hydrogens is 727 g/mol. The molecule has 10 N–H and O–H groups in total. The van der Waals surface area contributed by atoms with E-state index in [1.165, 1.54) is 30.2 Å². The number of carboxylic acids is 2. The summed E-state index contributed by atoms with van der Waals surface area (Å²) in [6.07, 6.45) is -3.35. The first-order valence-corrected chi connectivity index (χ1v) is 17.4. The number of aliphatic carboxylic acids is 2. The second-order valence-corrected chi connectivity index (χ2v) is 13.4. The highest BCUT2D eigenvalue weighted by molar-refractivity contribution is 7.46. The Balaban J connectivity index is 1.54. The van der Waals surface area contributed by atoms with E-state index in [-0.39, 0.29) is 60.9 Å². The van der Waals surface area contributed by atoms with Crippen LogP contribution in [-0.2, 0) is 30.0 Å². The van der Waals surface area contributed by atoms with E-state index in [1.54, 1.807) is 24.1 Å². The summed E-state index contributed by atoms with van der Waals surface area (Å²) < 4.78 is 22.2. The van der Waals surface area contributed by atoms with E-state index in [0.29, 0.717) is 5.69 Å². The van der Waals surface area contributed by atoms with Gasteiger partial charge in [0.2, 0.25) is 5.95 Å². The van der Waals surface area contributed by atoms with Gasteiger partial charge in [0.1, 0.15) is 24.1 Å². The zero-order chi connectivity index (χ0) is 39.2. The lowest BCUT2D eigenvalue weighted by molar-refractivity contribution is -0.140. The molecule has 288 valence electrons. The first kappa shape index (κ1) is 40.4. The Kier molecular flexibility index (Phi) is 12.9. The van der Waals surface area contributed by atoms with Crippen molar-refractivity contribution in [2.45, 2.75) is 57.2 Å². The number of ether oxygens (including phenoxy) is 1. The lowest BCUT2D eigenvalue weighted by Gasteiger charge is -2.28. The molecule has 1 unspecified atom stereocenters. The van der Waals surface area contributed by atoms with E-state index in [2.05, 4.69) is 24.8 Å². The number of nitrogen functional groups attached to an aromatic ring is 1. The van der Waals surface area contributed by atoms with Crippen molar-refractivity contribution in [1.82, 2.24) is 24.8 Å². The lowest BCUT2D eigenvalue weighted by Crippen LogP contribution is -2.41. The summed E-state index contributed by atoms with van der Waals surface area (Å²) in [4.78, 5) is 104. The van der Waals surface area contributed by atoms with Crippen LogP contribution in [0, 0.1) is 6.92 Å². The highest BCUT2D eigenvalue weighted by Crippen LogP contribution is 2.38. The highest BCUT2D eigenvalue weighted by atomic mass is 31.2. The molecule has 1 amide bonds. The Bertz CT molecular complexity index is 2050. The van der Waals surface area contributed by atoms with Crippen molar-refractivity contribution in [2.24, 2.45) is 0 Å². The Morgan fingerprint density at radius 1 is 1.13 bits per heavy atom. The predicted octanol–water partition coefficient (Wildman–Crippen LogP) is -1.54. The van der Waals surface area contributed by atoms with Crippen LogP contribution in [0.1, 0.15) is 47.1 Å². The molecule has 1 aliphatic heterocycles. The van der Waals surface area contributed by atoms with Crippen molar-refractivity contribution < 1.29 is 53.3 Å². The molecule has 0 aliphatic carbocycles. The number of aryl methyl sites for hydroxylation is 1. The quantitative estimate of drug-likeness (QED) is 0.0703. The number of amides is 1. The molecule has 4 atom stereocenters. The first-order valence-electron chi connectivity index (χ1n) is 15.9. The van der Waals surface area contributed by atoms with Gasteiger partial charge in [0.15, 0.2) is 0 Å². The van der Waals surface area contributed by atoms with Crippen LogP contribution in [-0.4, -0.2) is 107 Å². The van der Waals surface area contributed by atoms with Gasteiger partial charge in [0.25, 0.3) is 17.0 Å². The normalized spacial score (nSPS) is 17.6. The number of nitrogens with one attached hydrogen (secondary N) is 3. The van der Waals surface area contributed by atoms with Gasteiger partial charge in [0.05, 0.1) is 30.5 Å². The number of carbonyl (C=O) groups is 3. The van der Waals surface area contributed by atoms with E-state index >= 15 is 0 Å². The molecule has 1 fully saturated rings. The molecule has 2 aromatic heterocycles. The second kappa shape index (κ2) is 17.0. The zero-order valence-corrected chi connectivity index (χ0v) is 29.3. The summed E-state index contributed by atoms with van der Waals surface area (Å²) in [7, 11) is -3.17. The van der Waals surface area contributed by atoms with E-state index in [0.717, 1.165) is 4.57 Å². The number of aromatic amines is 2. The Hall–Kier alpha value is -5.38. The number of phosphoric ester groups is 1. The SMILES string of the molecule is Cc1nc(N)[nH]c(=O)c1N(CCN(C)c1ccc(C(=O)NC(CCC(=O)O)C(=O)O)cc1)Cc1cn([C@H]2C[C@H](O)[C@@H](COP(=O)(O)O)O2)c(=O)[nH]c1=O. The number of likely N-dealkylation sites (N-methyl/N-ethyl adjacent to an activating group) is 1. The summed E-state index contributed by atoms with van der Waals surface area (Å²) in [5.74, 6) is -3.45. The van der Waals surface area contributed by atoms with Gasteiger partial charge in [-0.25, -0.2) is 19.1 Å². The summed E-state index contributed by atoms with van der Waals surface area (Å²) in [6, 6.07) is 4.66. The molecule has 53 heavy (non-hydrogen) atoms. The fourth-order valence-corrected chi connectivity index (χ4v) is 5.88. The van der Waals surface area contributed by atoms with Gasteiger partial charge in [-0.05, 0) is 37.6 Å². The third-order valence-electron chi connectivity index (χ3n) is 8.25. The average molecular weight is 767 g/mol. The predicted molar refractivity (Wildman–Crippen MR) is 184 cm³/mol. The van der Waals surface area contributed by atoms with Crippen molar-refractivity contribution in [3.8, 4) is 0 Å². The van der Waals surface area contributed by atoms with Crippen LogP contribution >= 0.6 is 7.82 Å². The Morgan fingerprint density at radius 3 is 2.42 bits per heavy atom. The minimum Gasteiger partial charge on any atom is -0.481 e. The number of rotatable bonds is 17. The number of nitrogens with zero attached hydrogens (tertiary/aromatic N) is 4. The van der Waals surface area contributed by atoms with Crippen LogP contribution in [0.25, 0.3) is 0 Å². The number of hydrogen-bond donors (Lipinski definition) is 9. The maximum atomic E-state index is 13.1. The molecule has 0 bridgehead atoms. The summed E-state index contributed by atoms with van der Waals surface area (Å²) in [5.41, 5.74) is 4.44. The largest absolute Gasteiger partial charge is 0.481 e. The molecule has 3 heterocycles. The van der Waals surface area contributed by atoms with E-state index in [4.69, 9.17) is 25.4 Å². The number of anilines is 3. The van der Waals surface area contributed by atoms with E-state index in [1.807, 2.05) is 0 Å². The molecule has 23 heteroatoms. The fourth-order valence-electron chi connectivity index (χ4n) is 5.54. The number of nitrogens with two attached hydrogens (primary N) is 1. The summed E-state index contributed by atoms with van der Waals surface area (Å²) >= 11 is 0. The van der Waals surface area contributed by atoms with Gasteiger partial charge < -0.3 is 50.7 Å². The van der Waals surface area contributed by atoms with Crippen LogP contribution in [0.5, 0.6) is 0 Å². The number of carbonyl (C=O) groups excluding carboxylic acids is 1. The maximum Gasteiger partial charge on any atom is 0.469 e. The van der Waals surface area contributed by atoms with Crippen molar-refractivity contribution in [1.29, 1.82) is 0 Å². The van der Waals surface area contributed by atoms with Crippen LogP contribution in [0.2, 0.25) is 0 Å². The minimum absolute atomic E-state index is 0.00531. The smallest absolute Gasteiger partial charge is 0.469 e. The highest BCUT2D eigenvalue weighted by Gasteiger charge is 2.37. The monoisotopic (exact) mass is 766 g/mol. The Labute approximate surface area is 299 Å². The van der Waals surface area contributed by atoms with Crippen molar-refractivity contribution in [2.75, 3.05) is 42.3 Å². The number of carboxylic acid groups (broad SMARTS) is 2. The van der Waals surface area contributed by atoms with Gasteiger partial charge in [-0.3, -0.25) is 38.2 Å². The van der Waals surface area contributed by atoms with Gasteiger partial charge in [-0.1, -0.05) is 0 Å². The number of aliphatic hydroxyl groups is 1. The molecule has 4 rings (SSSR count). The standard InChI is InChI=1S/C30H39N8O14P/c1-15-24(27(44)34-29(31)32-15)37(10-9-36(2)18-5-3-16(4-6-18)25(42)33-19(28(45)46)7-8-23(40)41)12-17-13-38(30(47)35-26(17)43)22-11-20(39)21(52-22)14-51-53(48,49)50/h3-6,13,19-22,39H,7-12,14H2,1-2H3,(H,33,42)(H,40,41)(H,45,46)(H,35,43,47)(H2,48,49,50)(H3,31,32,34,44)/t19?,20-,21+,22+/m0/s1. The van der Waals surface area contributed by atoms with E-state index in [9.17, 15) is 43.5 Å². The number of H-pyrrole nitrogens is 2. The molecule has 0 saturated carbocycles. The number of benzene rings is 1. The third kappa shape index (κ3) is 10.8. The molecule has 1 aromatic carbocycles. The number of phosphoric acid groups is 1. The van der Waals surface area contributed by atoms with Crippen molar-refractivity contribution in [3.05, 3.63) is 78.5 Å². The Morgan fingerprint density at radius 2 is 1.81 bits per heavy atom. The van der Waals surface area contributed by atoms with Gasteiger partial charge in [-0.2, -0.15) is 0 Å². The van der Waals surface area contributed by atoms with Gasteiger partial charge in [0, 0.05) is 50.4 Å². The molecular formula is C30H39N8O14P. The van der Waals surface area contributed by atoms with Crippen LogP contribution < -0.4 is 37.7 Å². The van der Waals surface area contributed by atoms with Gasteiger partial charge in [-0.15, -0.1) is 0 Å². The van der Waals surface area contributed by atoms with E-state index < -0.39 is 80.0 Å². The summed E-state index contributed by atoms with van der Waals surface area (Å²) in [5, 5.41) is 30.9. The van der Waals surface area contributed by atoms with Crippen LogP contribution in [0.3, 0.4) is 0 Å². The van der Waals surface area contributed by atoms with Crippen LogP contribution in [0.4, 0.5) is 17.3 Å². The summed E-state index contributed by atoms with van der Waals surface area (Å²) in [6.45, 7) is 0.913. The van der Waals surface area contributed by atoms with Crippen molar-refractivity contribution in [3.63, 3.8) is 0 Å². The average Bonchev–Trinajstić information content (AvgIpc) is 3.44. The van der Waals surface area contributed by atoms with Crippen molar-refractivity contribution >= 4 is 43.0 Å². The molecule has 1 aliphatic rings. The fraction of sp³-hybridized carbons (Fsp3) is 0.433. The number of hydrogen-bond acceptors (Lipinski definition) is 14. The lowest BCUT2D eigenvalue weighted by atomic mass is 10.1.